The Morgan fingerprint density at radius 1 is 1.20 bits per heavy atom. The van der Waals surface area contributed by atoms with Gasteiger partial charge in [0.25, 0.3) is 0 Å². The molecule has 0 heterocycles. The molecule has 0 saturated carbocycles. The van der Waals surface area contributed by atoms with E-state index in [2.05, 4.69) is 10.6 Å². The van der Waals surface area contributed by atoms with Crippen molar-refractivity contribution in [3.8, 4) is 0 Å². The standard InChI is InChI=1S/C17H24N2O6/c1-10-11(8-18-9-14(20)21)6-12(7-13(10)15(22)24-5)19-16(23)25-17(2,3)4/h6-7,18H,8-9H2,1-5H3,(H,19,23)(H,20,21). The molecule has 0 aliphatic carbocycles. The lowest BCUT2D eigenvalue weighted by molar-refractivity contribution is -0.136. The van der Waals surface area contributed by atoms with Gasteiger partial charge in [0.05, 0.1) is 19.2 Å². The number of anilines is 1. The van der Waals surface area contributed by atoms with E-state index >= 15 is 0 Å². The molecule has 0 aliphatic rings. The van der Waals surface area contributed by atoms with E-state index in [0.717, 1.165) is 0 Å². The Hall–Kier alpha value is -2.61. The molecule has 0 fully saturated rings. The third-order valence-electron chi connectivity index (χ3n) is 3.16. The summed E-state index contributed by atoms with van der Waals surface area (Å²) in [6.07, 6.45) is -0.656. The average Bonchev–Trinajstić information content (AvgIpc) is 2.46. The molecule has 1 amide bonds. The Balaban J connectivity index is 3.09. The van der Waals surface area contributed by atoms with Gasteiger partial charge >= 0.3 is 18.0 Å². The van der Waals surface area contributed by atoms with Crippen LogP contribution in [0.3, 0.4) is 0 Å². The van der Waals surface area contributed by atoms with Crippen molar-refractivity contribution in [1.29, 1.82) is 0 Å². The summed E-state index contributed by atoms with van der Waals surface area (Å²) in [6, 6.07) is 3.15. The summed E-state index contributed by atoms with van der Waals surface area (Å²) < 4.78 is 9.95. The lowest BCUT2D eigenvalue weighted by Gasteiger charge is -2.20. The molecule has 0 spiro atoms. The number of carboxylic acid groups (broad SMARTS) is 1. The summed E-state index contributed by atoms with van der Waals surface area (Å²) in [4.78, 5) is 34.5. The third kappa shape index (κ3) is 6.80. The van der Waals surface area contributed by atoms with Crippen molar-refractivity contribution in [3.05, 3.63) is 28.8 Å². The predicted molar refractivity (Wildman–Crippen MR) is 91.7 cm³/mol. The zero-order valence-electron chi connectivity index (χ0n) is 15.1. The largest absolute Gasteiger partial charge is 0.480 e. The minimum Gasteiger partial charge on any atom is -0.480 e. The van der Waals surface area contributed by atoms with E-state index in [4.69, 9.17) is 14.6 Å². The van der Waals surface area contributed by atoms with E-state index in [9.17, 15) is 14.4 Å². The second kappa shape index (κ2) is 8.48. The maximum absolute atomic E-state index is 12.0. The molecule has 0 atom stereocenters. The van der Waals surface area contributed by atoms with Crippen molar-refractivity contribution in [1.82, 2.24) is 5.32 Å². The first kappa shape index (κ1) is 20.4. The second-order valence-electron chi connectivity index (χ2n) is 6.42. The van der Waals surface area contributed by atoms with Gasteiger partial charge in [0.15, 0.2) is 0 Å². The van der Waals surface area contributed by atoms with Crippen LogP contribution in [0.4, 0.5) is 10.5 Å². The van der Waals surface area contributed by atoms with Crippen molar-refractivity contribution in [2.45, 2.75) is 39.8 Å². The van der Waals surface area contributed by atoms with Crippen molar-refractivity contribution in [3.63, 3.8) is 0 Å². The van der Waals surface area contributed by atoms with E-state index in [0.29, 0.717) is 16.8 Å². The fraction of sp³-hybridized carbons (Fsp3) is 0.471. The highest BCUT2D eigenvalue weighted by Gasteiger charge is 2.19. The van der Waals surface area contributed by atoms with Gasteiger partial charge < -0.3 is 19.9 Å². The molecule has 8 heteroatoms. The summed E-state index contributed by atoms with van der Waals surface area (Å²) in [5.74, 6) is -1.54. The third-order valence-corrected chi connectivity index (χ3v) is 3.16. The van der Waals surface area contributed by atoms with Crippen LogP contribution in [-0.4, -0.2) is 42.4 Å². The molecule has 0 unspecified atom stereocenters. The summed E-state index contributed by atoms with van der Waals surface area (Å²) in [5, 5.41) is 14.0. The maximum Gasteiger partial charge on any atom is 0.412 e. The van der Waals surface area contributed by atoms with Crippen molar-refractivity contribution < 1.29 is 29.0 Å². The first-order chi connectivity index (χ1) is 11.5. The van der Waals surface area contributed by atoms with Crippen LogP contribution in [0.2, 0.25) is 0 Å². The molecule has 1 rings (SSSR count). The lowest BCUT2D eigenvalue weighted by Crippen LogP contribution is -2.27. The second-order valence-corrected chi connectivity index (χ2v) is 6.42. The van der Waals surface area contributed by atoms with Crippen LogP contribution < -0.4 is 10.6 Å². The summed E-state index contributed by atoms with van der Waals surface area (Å²) >= 11 is 0. The Labute approximate surface area is 146 Å². The van der Waals surface area contributed by atoms with Gasteiger partial charge in [0.1, 0.15) is 5.60 Å². The Morgan fingerprint density at radius 2 is 1.84 bits per heavy atom. The first-order valence-electron chi connectivity index (χ1n) is 7.68. The van der Waals surface area contributed by atoms with Crippen LogP contribution in [0.25, 0.3) is 0 Å². The first-order valence-corrected chi connectivity index (χ1v) is 7.68. The number of esters is 1. The molecule has 25 heavy (non-hydrogen) atoms. The Morgan fingerprint density at radius 3 is 2.36 bits per heavy atom. The normalized spacial score (nSPS) is 10.9. The van der Waals surface area contributed by atoms with E-state index in [1.165, 1.54) is 13.2 Å². The van der Waals surface area contributed by atoms with Gasteiger partial charge in [0, 0.05) is 12.2 Å². The molecule has 0 bridgehead atoms. The number of hydrogen-bond donors (Lipinski definition) is 3. The minimum atomic E-state index is -0.992. The van der Waals surface area contributed by atoms with Gasteiger partial charge in [-0.25, -0.2) is 9.59 Å². The molecule has 1 aromatic carbocycles. The van der Waals surface area contributed by atoms with Crippen LogP contribution in [0, 0.1) is 6.92 Å². The van der Waals surface area contributed by atoms with Gasteiger partial charge in [-0.15, -0.1) is 0 Å². The number of carboxylic acids is 1. The number of amides is 1. The molecule has 0 saturated heterocycles. The topological polar surface area (TPSA) is 114 Å². The van der Waals surface area contributed by atoms with Gasteiger partial charge in [-0.1, -0.05) is 0 Å². The number of carbonyl (C=O) groups is 3. The van der Waals surface area contributed by atoms with E-state index in [-0.39, 0.29) is 18.7 Å². The van der Waals surface area contributed by atoms with Crippen LogP contribution in [-0.2, 0) is 20.8 Å². The summed E-state index contributed by atoms with van der Waals surface area (Å²) in [7, 11) is 1.26. The van der Waals surface area contributed by atoms with Gasteiger partial charge in [0.2, 0.25) is 0 Å². The maximum atomic E-state index is 12.0. The number of carbonyl (C=O) groups excluding carboxylic acids is 2. The molecule has 8 nitrogen and oxygen atoms in total. The fourth-order valence-corrected chi connectivity index (χ4v) is 2.08. The zero-order chi connectivity index (χ0) is 19.2. The number of hydrogen-bond acceptors (Lipinski definition) is 6. The van der Waals surface area contributed by atoms with Gasteiger partial charge in [-0.05, 0) is 51.0 Å². The number of ether oxygens (including phenoxy) is 2. The van der Waals surface area contributed by atoms with E-state index < -0.39 is 23.6 Å². The lowest BCUT2D eigenvalue weighted by atomic mass is 10.0. The van der Waals surface area contributed by atoms with Gasteiger partial charge in [-0.2, -0.15) is 0 Å². The smallest absolute Gasteiger partial charge is 0.412 e. The monoisotopic (exact) mass is 352 g/mol. The zero-order valence-corrected chi connectivity index (χ0v) is 15.1. The van der Waals surface area contributed by atoms with Crippen LogP contribution in [0.1, 0.15) is 42.3 Å². The number of nitrogens with one attached hydrogen (secondary N) is 2. The molecule has 0 radical (unpaired) electrons. The number of rotatable bonds is 6. The highest BCUT2D eigenvalue weighted by Crippen LogP contribution is 2.22. The number of methoxy groups -OCH3 is 1. The van der Waals surface area contributed by atoms with Crippen molar-refractivity contribution in [2.75, 3.05) is 19.0 Å². The van der Waals surface area contributed by atoms with Crippen LogP contribution in [0.15, 0.2) is 12.1 Å². The van der Waals surface area contributed by atoms with Crippen LogP contribution >= 0.6 is 0 Å². The molecule has 0 aliphatic heterocycles. The molecular weight excluding hydrogens is 328 g/mol. The van der Waals surface area contributed by atoms with Crippen molar-refractivity contribution >= 4 is 23.7 Å². The highest BCUT2D eigenvalue weighted by atomic mass is 16.6. The highest BCUT2D eigenvalue weighted by molar-refractivity contribution is 5.94. The quantitative estimate of drug-likeness (QED) is 0.673. The van der Waals surface area contributed by atoms with Gasteiger partial charge in [-0.3, -0.25) is 10.1 Å². The Bertz CT molecular complexity index is 664. The number of benzene rings is 1. The van der Waals surface area contributed by atoms with E-state index in [1.54, 1.807) is 33.8 Å². The summed E-state index contributed by atoms with van der Waals surface area (Å²) in [6.45, 7) is 6.93. The van der Waals surface area contributed by atoms with Crippen molar-refractivity contribution in [2.24, 2.45) is 0 Å². The molecule has 0 aromatic heterocycles. The minimum absolute atomic E-state index is 0.214. The van der Waals surface area contributed by atoms with Crippen LogP contribution in [0.5, 0.6) is 0 Å². The fourth-order valence-electron chi connectivity index (χ4n) is 2.08. The number of aliphatic carboxylic acids is 1. The SMILES string of the molecule is COC(=O)c1cc(NC(=O)OC(C)(C)C)cc(CNCC(=O)O)c1C. The van der Waals surface area contributed by atoms with E-state index in [1.807, 2.05) is 0 Å². The summed E-state index contributed by atoms with van der Waals surface area (Å²) in [5.41, 5.74) is 1.27. The molecule has 1 aromatic rings. The molecule has 138 valence electrons. The average molecular weight is 352 g/mol. The predicted octanol–water partition coefficient (Wildman–Crippen LogP) is 2.30. The molecular formula is C17H24N2O6. The Kier molecular flexibility index (Phi) is 6.93. The molecule has 3 N–H and O–H groups in total.